The quantitative estimate of drug-likeness (QED) is 0.733. The van der Waals surface area contributed by atoms with Crippen LogP contribution in [0.3, 0.4) is 0 Å². The van der Waals surface area contributed by atoms with Crippen LogP contribution in [0.4, 0.5) is 9.18 Å². The van der Waals surface area contributed by atoms with Crippen molar-refractivity contribution in [3.63, 3.8) is 0 Å². The summed E-state index contributed by atoms with van der Waals surface area (Å²) >= 11 is 6.07. The average Bonchev–Trinajstić information content (AvgIpc) is 3.35. The van der Waals surface area contributed by atoms with Gasteiger partial charge in [0.25, 0.3) is 0 Å². The molecule has 0 bridgehead atoms. The molecule has 0 radical (unpaired) electrons. The minimum absolute atomic E-state index is 0.157. The van der Waals surface area contributed by atoms with Gasteiger partial charge in [-0.2, -0.15) is 0 Å². The van der Waals surface area contributed by atoms with Crippen LogP contribution in [0.15, 0.2) is 18.2 Å². The molecule has 7 heteroatoms. The molecule has 0 aromatic heterocycles. The van der Waals surface area contributed by atoms with Gasteiger partial charge >= 0.3 is 12.1 Å². The monoisotopic (exact) mass is 383 g/mol. The predicted molar refractivity (Wildman–Crippen MR) is 94.6 cm³/mol. The van der Waals surface area contributed by atoms with Crippen LogP contribution in [0, 0.1) is 11.7 Å². The number of carbonyl (C=O) groups is 2. The molecular formula is C19H23ClFNO4. The lowest BCUT2D eigenvalue weighted by molar-refractivity contribution is -0.152. The molecule has 1 saturated carbocycles. The third kappa shape index (κ3) is 4.29. The standard InChI is InChI=1S/C19H23ClFNO4/c1-11(2)25-19(24)22-8-6-12(7-9-22)26-18(23)14-10-13(14)17-15(20)4-3-5-16(17)21/h3-5,11-14H,6-10H2,1-2H3/t13-,14+/m1/s1. The Bertz CT molecular complexity index is 668. The first-order valence-corrected chi connectivity index (χ1v) is 9.34. The zero-order chi connectivity index (χ0) is 18.8. The number of hydrogen-bond donors (Lipinski definition) is 0. The minimum atomic E-state index is -0.380. The zero-order valence-electron chi connectivity index (χ0n) is 14.9. The van der Waals surface area contributed by atoms with E-state index in [0.717, 1.165) is 0 Å². The van der Waals surface area contributed by atoms with Crippen molar-refractivity contribution in [2.45, 2.75) is 51.2 Å². The summed E-state index contributed by atoms with van der Waals surface area (Å²) in [6.07, 6.45) is 1.01. The molecule has 2 fully saturated rings. The number of amides is 1. The van der Waals surface area contributed by atoms with Crippen LogP contribution >= 0.6 is 11.6 Å². The molecule has 1 saturated heterocycles. The van der Waals surface area contributed by atoms with Gasteiger partial charge in [0.2, 0.25) is 0 Å². The van der Waals surface area contributed by atoms with Crippen LogP contribution in [0.25, 0.3) is 0 Å². The van der Waals surface area contributed by atoms with Crippen LogP contribution in [0.5, 0.6) is 0 Å². The Kier molecular flexibility index (Phi) is 5.70. The summed E-state index contributed by atoms with van der Waals surface area (Å²) in [5.41, 5.74) is 0.405. The summed E-state index contributed by atoms with van der Waals surface area (Å²) in [7, 11) is 0. The van der Waals surface area contributed by atoms with Crippen molar-refractivity contribution in [2.75, 3.05) is 13.1 Å². The van der Waals surface area contributed by atoms with Gasteiger partial charge in [0.15, 0.2) is 0 Å². The normalized spacial score (nSPS) is 23.0. The maximum Gasteiger partial charge on any atom is 0.410 e. The highest BCUT2D eigenvalue weighted by atomic mass is 35.5. The topological polar surface area (TPSA) is 55.8 Å². The molecule has 0 unspecified atom stereocenters. The fourth-order valence-electron chi connectivity index (χ4n) is 3.32. The van der Waals surface area contributed by atoms with Crippen molar-refractivity contribution >= 4 is 23.7 Å². The van der Waals surface area contributed by atoms with Crippen LogP contribution < -0.4 is 0 Å². The Labute approximate surface area is 157 Å². The molecule has 0 spiro atoms. The number of esters is 1. The van der Waals surface area contributed by atoms with Gasteiger partial charge in [-0.05, 0) is 32.4 Å². The molecule has 1 aromatic carbocycles. The average molecular weight is 384 g/mol. The molecule has 0 N–H and O–H groups in total. The molecule has 3 rings (SSSR count). The van der Waals surface area contributed by atoms with Gasteiger partial charge in [-0.3, -0.25) is 4.79 Å². The number of benzene rings is 1. The van der Waals surface area contributed by atoms with Crippen molar-refractivity contribution in [2.24, 2.45) is 5.92 Å². The van der Waals surface area contributed by atoms with E-state index in [4.69, 9.17) is 21.1 Å². The summed E-state index contributed by atoms with van der Waals surface area (Å²) < 4.78 is 24.7. The Balaban J connectivity index is 1.48. The molecule has 2 atom stereocenters. The Morgan fingerprint density at radius 1 is 1.27 bits per heavy atom. The lowest BCUT2D eigenvalue weighted by Crippen LogP contribution is -2.42. The van der Waals surface area contributed by atoms with Gasteiger partial charge < -0.3 is 14.4 Å². The smallest absolute Gasteiger partial charge is 0.410 e. The maximum atomic E-state index is 14.0. The molecular weight excluding hydrogens is 361 g/mol. The van der Waals surface area contributed by atoms with Crippen molar-refractivity contribution in [1.82, 2.24) is 4.90 Å². The molecule has 1 aliphatic heterocycles. The molecule has 5 nitrogen and oxygen atoms in total. The number of hydrogen-bond acceptors (Lipinski definition) is 4. The Morgan fingerprint density at radius 3 is 2.58 bits per heavy atom. The summed E-state index contributed by atoms with van der Waals surface area (Å²) in [6, 6.07) is 4.54. The molecule has 1 aromatic rings. The number of rotatable bonds is 4. The summed E-state index contributed by atoms with van der Waals surface area (Å²) in [4.78, 5) is 25.8. The maximum absolute atomic E-state index is 14.0. The second-order valence-electron chi connectivity index (χ2n) is 7.14. The van der Waals surface area contributed by atoms with Gasteiger partial charge in [0.05, 0.1) is 12.0 Å². The first kappa shape index (κ1) is 19.0. The zero-order valence-corrected chi connectivity index (χ0v) is 15.7. The minimum Gasteiger partial charge on any atom is -0.462 e. The van der Waals surface area contributed by atoms with E-state index in [-0.39, 0.29) is 41.9 Å². The summed E-state index contributed by atoms with van der Waals surface area (Å²) in [5, 5.41) is 0.349. The second kappa shape index (κ2) is 7.82. The van der Waals surface area contributed by atoms with Crippen LogP contribution in [-0.4, -0.2) is 42.3 Å². The SMILES string of the molecule is CC(C)OC(=O)N1CCC(OC(=O)[C@H]2C[C@H]2c2c(F)cccc2Cl)CC1. The van der Waals surface area contributed by atoms with Gasteiger partial charge in [-0.1, -0.05) is 17.7 Å². The number of ether oxygens (including phenoxy) is 2. The van der Waals surface area contributed by atoms with E-state index in [1.807, 2.05) is 0 Å². The van der Waals surface area contributed by atoms with E-state index in [1.165, 1.54) is 6.07 Å². The molecule has 1 amide bonds. The van der Waals surface area contributed by atoms with Crippen molar-refractivity contribution in [3.8, 4) is 0 Å². The Morgan fingerprint density at radius 2 is 1.96 bits per heavy atom. The van der Waals surface area contributed by atoms with E-state index < -0.39 is 0 Å². The van der Waals surface area contributed by atoms with Gasteiger partial charge in [0, 0.05) is 42.4 Å². The van der Waals surface area contributed by atoms with Crippen molar-refractivity contribution < 1.29 is 23.5 Å². The van der Waals surface area contributed by atoms with E-state index in [2.05, 4.69) is 0 Å². The van der Waals surface area contributed by atoms with Gasteiger partial charge in [-0.25, -0.2) is 9.18 Å². The first-order chi connectivity index (χ1) is 12.4. The largest absolute Gasteiger partial charge is 0.462 e. The van der Waals surface area contributed by atoms with Gasteiger partial charge in [-0.15, -0.1) is 0 Å². The first-order valence-electron chi connectivity index (χ1n) is 8.96. The highest BCUT2D eigenvalue weighted by molar-refractivity contribution is 6.31. The number of piperidine rings is 1. The summed E-state index contributed by atoms with van der Waals surface area (Å²) in [5.74, 6) is -1.24. The predicted octanol–water partition coefficient (Wildman–Crippen LogP) is 4.14. The number of likely N-dealkylation sites (tertiary alicyclic amines) is 1. The number of halogens is 2. The highest BCUT2D eigenvalue weighted by Crippen LogP contribution is 2.51. The van der Waals surface area contributed by atoms with E-state index in [9.17, 15) is 14.0 Å². The molecule has 1 aliphatic carbocycles. The third-order valence-electron chi connectivity index (χ3n) is 4.78. The molecule has 142 valence electrons. The molecule has 1 heterocycles. The summed E-state index contributed by atoms with van der Waals surface area (Å²) in [6.45, 7) is 4.61. The van der Waals surface area contributed by atoms with Crippen molar-refractivity contribution in [3.05, 3.63) is 34.6 Å². The van der Waals surface area contributed by atoms with Crippen molar-refractivity contribution in [1.29, 1.82) is 0 Å². The Hall–Kier alpha value is -1.82. The van der Waals surface area contributed by atoms with Crippen LogP contribution in [-0.2, 0) is 14.3 Å². The van der Waals surface area contributed by atoms with Gasteiger partial charge in [0.1, 0.15) is 11.9 Å². The molecule has 26 heavy (non-hydrogen) atoms. The fourth-order valence-corrected chi connectivity index (χ4v) is 3.63. The van der Waals surface area contributed by atoms with E-state index >= 15 is 0 Å². The van der Waals surface area contributed by atoms with Crippen LogP contribution in [0.1, 0.15) is 44.6 Å². The molecule has 2 aliphatic rings. The second-order valence-corrected chi connectivity index (χ2v) is 7.55. The lowest BCUT2D eigenvalue weighted by atomic mass is 10.1. The highest BCUT2D eigenvalue weighted by Gasteiger charge is 2.48. The third-order valence-corrected chi connectivity index (χ3v) is 5.11. The number of carbonyl (C=O) groups excluding carboxylic acids is 2. The van der Waals surface area contributed by atoms with Crippen LogP contribution in [0.2, 0.25) is 5.02 Å². The number of nitrogens with zero attached hydrogens (tertiary/aromatic N) is 1. The van der Waals surface area contributed by atoms with E-state index in [1.54, 1.807) is 30.9 Å². The lowest BCUT2D eigenvalue weighted by Gasteiger charge is -2.31. The fraction of sp³-hybridized carbons (Fsp3) is 0.579. The van der Waals surface area contributed by atoms with E-state index in [0.29, 0.717) is 42.9 Å².